The van der Waals surface area contributed by atoms with Crippen LogP contribution in [0.3, 0.4) is 0 Å². The normalized spacial score (nSPS) is 25.3. The molecule has 2 rings (SSSR count). The number of hydrogen-bond acceptors (Lipinski definition) is 5. The van der Waals surface area contributed by atoms with E-state index in [2.05, 4.69) is 15.1 Å². The largest absolute Gasteiger partial charge is 0.465 e. The third-order valence-corrected chi connectivity index (χ3v) is 4.66. The first kappa shape index (κ1) is 16.7. The molecule has 5 nitrogen and oxygen atoms in total. The van der Waals surface area contributed by atoms with E-state index in [0.29, 0.717) is 6.61 Å². The first-order valence-electron chi connectivity index (χ1n) is 8.61. The van der Waals surface area contributed by atoms with E-state index in [4.69, 9.17) is 4.74 Å². The Bertz CT molecular complexity index is 319. The molecule has 0 aromatic heterocycles. The summed E-state index contributed by atoms with van der Waals surface area (Å²) in [5.74, 6) is -0.102. The lowest BCUT2D eigenvalue weighted by atomic mass is 10.2. The summed E-state index contributed by atoms with van der Waals surface area (Å²) in [4.78, 5) is 17.1. The highest BCUT2D eigenvalue weighted by atomic mass is 16.5. The van der Waals surface area contributed by atoms with Crippen molar-refractivity contribution in [1.82, 2.24) is 15.1 Å². The molecule has 1 N–H and O–H groups in total. The lowest BCUT2D eigenvalue weighted by molar-refractivity contribution is -0.145. The Hall–Kier alpha value is -0.650. The van der Waals surface area contributed by atoms with Crippen molar-refractivity contribution in [2.24, 2.45) is 0 Å². The van der Waals surface area contributed by atoms with Gasteiger partial charge in [-0.1, -0.05) is 6.92 Å². The monoisotopic (exact) mass is 297 g/mol. The van der Waals surface area contributed by atoms with Gasteiger partial charge in [0, 0.05) is 19.1 Å². The number of hydrogen-bond donors (Lipinski definition) is 1. The number of rotatable bonds is 8. The number of likely N-dealkylation sites (tertiary alicyclic amines) is 2. The third-order valence-electron chi connectivity index (χ3n) is 4.66. The topological polar surface area (TPSA) is 44.8 Å². The van der Waals surface area contributed by atoms with Crippen LogP contribution in [-0.4, -0.2) is 73.7 Å². The fourth-order valence-electron chi connectivity index (χ4n) is 3.52. The van der Waals surface area contributed by atoms with Crippen LogP contribution in [-0.2, 0) is 9.53 Å². The molecule has 2 aliphatic heterocycles. The first-order chi connectivity index (χ1) is 10.2. The number of carbonyl (C=O) groups excluding carboxylic acids is 1. The van der Waals surface area contributed by atoms with Crippen LogP contribution in [0, 0.1) is 0 Å². The second-order valence-corrected chi connectivity index (χ2v) is 6.14. The van der Waals surface area contributed by atoms with Gasteiger partial charge in [-0.15, -0.1) is 0 Å². The molecule has 2 atom stereocenters. The van der Waals surface area contributed by atoms with Gasteiger partial charge in [0.25, 0.3) is 0 Å². The van der Waals surface area contributed by atoms with E-state index in [-0.39, 0.29) is 12.0 Å². The van der Waals surface area contributed by atoms with E-state index in [1.807, 2.05) is 13.8 Å². The summed E-state index contributed by atoms with van der Waals surface area (Å²) in [7, 11) is 0. The minimum absolute atomic E-state index is 0.102. The van der Waals surface area contributed by atoms with E-state index in [9.17, 15) is 4.79 Å². The van der Waals surface area contributed by atoms with Crippen molar-refractivity contribution in [3.63, 3.8) is 0 Å². The van der Waals surface area contributed by atoms with Gasteiger partial charge in [0.15, 0.2) is 0 Å². The zero-order chi connectivity index (χ0) is 15.1. The molecule has 0 saturated carbocycles. The second kappa shape index (κ2) is 8.71. The summed E-state index contributed by atoms with van der Waals surface area (Å²) < 4.78 is 5.15. The lowest BCUT2D eigenvalue weighted by Gasteiger charge is -2.24. The lowest BCUT2D eigenvalue weighted by Crippen LogP contribution is -2.41. The molecule has 0 radical (unpaired) electrons. The fourth-order valence-corrected chi connectivity index (χ4v) is 3.52. The van der Waals surface area contributed by atoms with E-state index < -0.39 is 0 Å². The van der Waals surface area contributed by atoms with Crippen LogP contribution in [0.4, 0.5) is 0 Å². The van der Waals surface area contributed by atoms with Crippen molar-refractivity contribution in [2.45, 2.75) is 51.6 Å². The summed E-state index contributed by atoms with van der Waals surface area (Å²) >= 11 is 0. The van der Waals surface area contributed by atoms with Crippen LogP contribution in [0.1, 0.15) is 39.5 Å². The average molecular weight is 297 g/mol. The molecule has 0 amide bonds. The maximum atomic E-state index is 11.9. The number of nitrogens with one attached hydrogen (secondary N) is 1. The minimum Gasteiger partial charge on any atom is -0.465 e. The van der Waals surface area contributed by atoms with E-state index in [1.165, 1.54) is 45.4 Å². The molecule has 5 heteroatoms. The maximum absolute atomic E-state index is 11.9. The number of carbonyl (C=O) groups is 1. The van der Waals surface area contributed by atoms with E-state index in [1.54, 1.807) is 0 Å². The van der Waals surface area contributed by atoms with Crippen molar-refractivity contribution in [3.05, 3.63) is 0 Å². The number of likely N-dealkylation sites (N-methyl/N-ethyl adjacent to an activating group) is 1. The van der Waals surface area contributed by atoms with Gasteiger partial charge in [-0.25, -0.2) is 0 Å². The molecule has 0 bridgehead atoms. The van der Waals surface area contributed by atoms with Gasteiger partial charge >= 0.3 is 5.97 Å². The summed E-state index contributed by atoms with van der Waals surface area (Å²) in [6.45, 7) is 11.0. The Morgan fingerprint density at radius 2 is 2.05 bits per heavy atom. The molecule has 0 aromatic rings. The van der Waals surface area contributed by atoms with Crippen LogP contribution in [0.15, 0.2) is 0 Å². The minimum atomic E-state index is -0.152. The standard InChI is InChI=1S/C16H31N3O2/c1-3-17-15(16(20)21-4-2)8-12-18-11-7-14(13-18)19-9-5-6-10-19/h14-15,17H,3-13H2,1-2H3. The van der Waals surface area contributed by atoms with Gasteiger partial charge in [-0.2, -0.15) is 0 Å². The van der Waals surface area contributed by atoms with Crippen molar-refractivity contribution < 1.29 is 9.53 Å². The van der Waals surface area contributed by atoms with Gasteiger partial charge in [0.2, 0.25) is 0 Å². The molecule has 0 aromatic carbocycles. The van der Waals surface area contributed by atoms with E-state index in [0.717, 1.165) is 25.6 Å². The highest BCUT2D eigenvalue weighted by Gasteiger charge is 2.29. The molecule has 0 aliphatic carbocycles. The van der Waals surface area contributed by atoms with Crippen molar-refractivity contribution in [1.29, 1.82) is 0 Å². The fraction of sp³-hybridized carbons (Fsp3) is 0.938. The molecule has 21 heavy (non-hydrogen) atoms. The number of ether oxygens (including phenoxy) is 1. The molecule has 2 aliphatic rings. The predicted molar refractivity (Wildman–Crippen MR) is 84.4 cm³/mol. The molecular weight excluding hydrogens is 266 g/mol. The van der Waals surface area contributed by atoms with Gasteiger partial charge in [0.05, 0.1) is 6.61 Å². The summed E-state index contributed by atoms with van der Waals surface area (Å²) in [5, 5.41) is 3.25. The Morgan fingerprint density at radius 1 is 1.29 bits per heavy atom. The van der Waals surface area contributed by atoms with Crippen LogP contribution >= 0.6 is 0 Å². The zero-order valence-electron chi connectivity index (χ0n) is 13.6. The Labute approximate surface area is 129 Å². The van der Waals surface area contributed by atoms with Crippen LogP contribution in [0.5, 0.6) is 0 Å². The van der Waals surface area contributed by atoms with Crippen molar-refractivity contribution in [2.75, 3.05) is 45.9 Å². The summed E-state index contributed by atoms with van der Waals surface area (Å²) in [6.07, 6.45) is 4.86. The summed E-state index contributed by atoms with van der Waals surface area (Å²) in [6, 6.07) is 0.591. The molecule has 0 spiro atoms. The van der Waals surface area contributed by atoms with E-state index >= 15 is 0 Å². The maximum Gasteiger partial charge on any atom is 0.323 e. The van der Waals surface area contributed by atoms with Gasteiger partial charge < -0.3 is 15.0 Å². The highest BCUT2D eigenvalue weighted by molar-refractivity contribution is 5.75. The SMILES string of the molecule is CCNC(CCN1CCC(N2CCCC2)C1)C(=O)OCC. The Morgan fingerprint density at radius 3 is 2.71 bits per heavy atom. The van der Waals surface area contributed by atoms with Crippen LogP contribution in [0.2, 0.25) is 0 Å². The molecule has 2 saturated heterocycles. The molecular formula is C16H31N3O2. The summed E-state index contributed by atoms with van der Waals surface area (Å²) in [5.41, 5.74) is 0. The molecule has 2 fully saturated rings. The smallest absolute Gasteiger partial charge is 0.323 e. The average Bonchev–Trinajstić information content (AvgIpc) is 3.14. The number of nitrogens with zero attached hydrogens (tertiary/aromatic N) is 2. The van der Waals surface area contributed by atoms with Crippen molar-refractivity contribution in [3.8, 4) is 0 Å². The highest BCUT2D eigenvalue weighted by Crippen LogP contribution is 2.20. The molecule has 122 valence electrons. The second-order valence-electron chi connectivity index (χ2n) is 6.14. The quantitative estimate of drug-likeness (QED) is 0.680. The van der Waals surface area contributed by atoms with Crippen LogP contribution < -0.4 is 5.32 Å². The molecule has 2 unspecified atom stereocenters. The van der Waals surface area contributed by atoms with Crippen LogP contribution in [0.25, 0.3) is 0 Å². The molecule has 2 heterocycles. The first-order valence-corrected chi connectivity index (χ1v) is 8.61. The number of esters is 1. The Balaban J connectivity index is 1.72. The van der Waals surface area contributed by atoms with Gasteiger partial charge in [-0.3, -0.25) is 9.69 Å². The Kier molecular flexibility index (Phi) is 6.93. The third kappa shape index (κ3) is 4.94. The van der Waals surface area contributed by atoms with Gasteiger partial charge in [0.1, 0.15) is 6.04 Å². The van der Waals surface area contributed by atoms with Gasteiger partial charge in [-0.05, 0) is 58.8 Å². The zero-order valence-corrected chi connectivity index (χ0v) is 13.6. The van der Waals surface area contributed by atoms with Crippen molar-refractivity contribution >= 4 is 5.97 Å². The predicted octanol–water partition coefficient (Wildman–Crippen LogP) is 1.09.